The molecule has 5 nitrogen and oxygen atoms in total. The maximum absolute atomic E-state index is 9.71. The predicted molar refractivity (Wildman–Crippen MR) is 74.2 cm³/mol. The molecule has 2 heterocycles. The van der Waals surface area contributed by atoms with E-state index >= 15 is 0 Å². The summed E-state index contributed by atoms with van der Waals surface area (Å²) in [7, 11) is 0. The van der Waals surface area contributed by atoms with Crippen molar-refractivity contribution in [1.29, 1.82) is 0 Å². The van der Waals surface area contributed by atoms with E-state index in [4.69, 9.17) is 0 Å². The second-order valence-electron chi connectivity index (χ2n) is 5.52. The van der Waals surface area contributed by atoms with Gasteiger partial charge in [0.2, 0.25) is 5.95 Å². The average Bonchev–Trinajstić information content (AvgIpc) is 2.83. The summed E-state index contributed by atoms with van der Waals surface area (Å²) in [5.74, 6) is 0.616. The summed E-state index contributed by atoms with van der Waals surface area (Å²) in [6.45, 7) is 2.16. The number of nitrogens with zero attached hydrogens (tertiary/aromatic N) is 3. The van der Waals surface area contributed by atoms with Crippen LogP contribution < -0.4 is 5.32 Å². The third-order valence-electron chi connectivity index (χ3n) is 4.05. The zero-order valence-corrected chi connectivity index (χ0v) is 11.3. The van der Waals surface area contributed by atoms with Crippen LogP contribution >= 0.6 is 0 Å². The highest BCUT2D eigenvalue weighted by atomic mass is 16.3. The Labute approximate surface area is 112 Å². The highest BCUT2D eigenvalue weighted by Crippen LogP contribution is 2.30. The number of aryl methyl sites for hydroxylation is 1. The first-order valence-corrected chi connectivity index (χ1v) is 6.93. The number of nitrogens with one attached hydrogen (secondary N) is 1. The fraction of sp³-hybridized carbons (Fsp3) is 0.571. The number of hydrogen-bond donors (Lipinski definition) is 2. The number of pyridine rings is 1. The van der Waals surface area contributed by atoms with Gasteiger partial charge in [0.1, 0.15) is 0 Å². The summed E-state index contributed by atoms with van der Waals surface area (Å²) in [6.07, 6.45) is 7.42. The first kappa shape index (κ1) is 12.4. The van der Waals surface area contributed by atoms with E-state index in [2.05, 4.69) is 15.4 Å². The fourth-order valence-electron chi connectivity index (χ4n) is 2.88. The zero-order chi connectivity index (χ0) is 13.3. The van der Waals surface area contributed by atoms with E-state index in [1.165, 1.54) is 6.42 Å². The van der Waals surface area contributed by atoms with Crippen molar-refractivity contribution in [3.05, 3.63) is 23.9 Å². The largest absolute Gasteiger partial charge is 0.394 e. The molecule has 1 aliphatic rings. The van der Waals surface area contributed by atoms with Crippen molar-refractivity contribution in [1.82, 2.24) is 14.6 Å². The number of rotatable bonds is 3. The smallest absolute Gasteiger partial charge is 0.243 e. The number of fused-ring (bicyclic) bond motifs is 1. The van der Waals surface area contributed by atoms with Crippen molar-refractivity contribution < 1.29 is 5.11 Å². The van der Waals surface area contributed by atoms with Crippen LogP contribution in [0.25, 0.3) is 5.65 Å². The Bertz CT molecular complexity index is 572. The topological polar surface area (TPSA) is 62.5 Å². The quantitative estimate of drug-likeness (QED) is 0.887. The van der Waals surface area contributed by atoms with Crippen molar-refractivity contribution >= 4 is 11.6 Å². The number of aromatic nitrogens is 3. The molecule has 0 aliphatic heterocycles. The second-order valence-corrected chi connectivity index (χ2v) is 5.52. The van der Waals surface area contributed by atoms with Gasteiger partial charge in [-0.25, -0.2) is 4.52 Å². The standard InChI is InChI=1S/C14H20N4O/c1-11-6-5-9-18-12(11)15-13(17-18)16-14(10-19)7-3-2-4-8-14/h5-6,9,19H,2-4,7-8,10H2,1H3,(H,16,17). The van der Waals surface area contributed by atoms with Gasteiger partial charge in [0, 0.05) is 6.20 Å². The number of anilines is 1. The van der Waals surface area contributed by atoms with Gasteiger partial charge in [-0.2, -0.15) is 4.98 Å². The minimum atomic E-state index is -0.239. The lowest BCUT2D eigenvalue weighted by atomic mass is 9.82. The van der Waals surface area contributed by atoms with Gasteiger partial charge >= 0.3 is 0 Å². The molecule has 2 aromatic rings. The third kappa shape index (κ3) is 2.30. The molecule has 19 heavy (non-hydrogen) atoms. The Morgan fingerprint density at radius 2 is 2.16 bits per heavy atom. The Morgan fingerprint density at radius 3 is 2.84 bits per heavy atom. The van der Waals surface area contributed by atoms with Gasteiger partial charge in [-0.05, 0) is 31.4 Å². The lowest BCUT2D eigenvalue weighted by molar-refractivity contribution is 0.172. The minimum absolute atomic E-state index is 0.140. The van der Waals surface area contributed by atoms with Crippen LogP contribution in [-0.4, -0.2) is 31.9 Å². The molecule has 1 saturated carbocycles. The monoisotopic (exact) mass is 260 g/mol. The molecule has 1 fully saturated rings. The zero-order valence-electron chi connectivity index (χ0n) is 11.3. The molecule has 0 atom stereocenters. The lowest BCUT2D eigenvalue weighted by Crippen LogP contribution is -2.44. The van der Waals surface area contributed by atoms with Gasteiger partial charge < -0.3 is 10.4 Å². The summed E-state index contributed by atoms with van der Waals surface area (Å²) < 4.78 is 1.78. The summed E-state index contributed by atoms with van der Waals surface area (Å²) in [6, 6.07) is 3.99. The van der Waals surface area contributed by atoms with E-state index in [0.29, 0.717) is 5.95 Å². The first-order valence-electron chi connectivity index (χ1n) is 6.93. The van der Waals surface area contributed by atoms with Crippen LogP contribution in [0.3, 0.4) is 0 Å². The maximum Gasteiger partial charge on any atom is 0.243 e. The highest BCUT2D eigenvalue weighted by molar-refractivity contribution is 5.50. The van der Waals surface area contributed by atoms with Crippen molar-refractivity contribution in [2.24, 2.45) is 0 Å². The van der Waals surface area contributed by atoms with E-state index < -0.39 is 0 Å². The van der Waals surface area contributed by atoms with Crippen molar-refractivity contribution in [3.8, 4) is 0 Å². The summed E-state index contributed by atoms with van der Waals surface area (Å²) in [5.41, 5.74) is 1.73. The molecule has 3 rings (SSSR count). The molecule has 0 unspecified atom stereocenters. The molecular formula is C14H20N4O. The predicted octanol–water partition coefficient (Wildman–Crippen LogP) is 2.14. The molecule has 0 spiro atoms. The molecule has 0 saturated heterocycles. The molecule has 2 aromatic heterocycles. The van der Waals surface area contributed by atoms with Crippen LogP contribution in [0.5, 0.6) is 0 Å². The van der Waals surface area contributed by atoms with Crippen molar-refractivity contribution in [2.45, 2.75) is 44.6 Å². The van der Waals surface area contributed by atoms with Crippen LogP contribution in [-0.2, 0) is 0 Å². The van der Waals surface area contributed by atoms with Crippen LogP contribution in [0, 0.1) is 6.92 Å². The van der Waals surface area contributed by atoms with Gasteiger partial charge in [-0.3, -0.25) is 0 Å². The Balaban J connectivity index is 1.89. The number of hydrogen-bond acceptors (Lipinski definition) is 4. The van der Waals surface area contributed by atoms with Crippen LogP contribution in [0.1, 0.15) is 37.7 Å². The molecule has 102 valence electrons. The van der Waals surface area contributed by atoms with E-state index in [9.17, 15) is 5.11 Å². The van der Waals surface area contributed by atoms with Gasteiger partial charge in [-0.15, -0.1) is 5.10 Å². The molecule has 5 heteroatoms. The van der Waals surface area contributed by atoms with Crippen LogP contribution in [0.2, 0.25) is 0 Å². The van der Waals surface area contributed by atoms with Gasteiger partial charge in [0.15, 0.2) is 5.65 Å². The molecule has 0 radical (unpaired) electrons. The summed E-state index contributed by atoms with van der Waals surface area (Å²) >= 11 is 0. The molecule has 0 aromatic carbocycles. The van der Waals surface area contributed by atoms with Gasteiger partial charge in [0.25, 0.3) is 0 Å². The number of aliphatic hydroxyl groups excluding tert-OH is 1. The third-order valence-corrected chi connectivity index (χ3v) is 4.05. The van der Waals surface area contributed by atoms with Crippen LogP contribution in [0.15, 0.2) is 18.3 Å². The Kier molecular flexibility index (Phi) is 3.14. The van der Waals surface area contributed by atoms with Gasteiger partial charge in [0.05, 0.1) is 12.1 Å². The summed E-state index contributed by atoms with van der Waals surface area (Å²) in [5, 5.41) is 17.5. The van der Waals surface area contributed by atoms with Crippen molar-refractivity contribution in [3.63, 3.8) is 0 Å². The van der Waals surface area contributed by atoms with E-state index in [1.807, 2.05) is 25.3 Å². The average molecular weight is 260 g/mol. The molecular weight excluding hydrogens is 240 g/mol. The lowest BCUT2D eigenvalue weighted by Gasteiger charge is -2.35. The van der Waals surface area contributed by atoms with E-state index in [1.54, 1.807) is 4.52 Å². The summed E-state index contributed by atoms with van der Waals surface area (Å²) in [4.78, 5) is 4.53. The minimum Gasteiger partial charge on any atom is -0.394 e. The normalized spacial score (nSPS) is 18.6. The number of aliphatic hydroxyl groups is 1. The maximum atomic E-state index is 9.71. The van der Waals surface area contributed by atoms with E-state index in [-0.39, 0.29) is 12.1 Å². The molecule has 1 aliphatic carbocycles. The molecule has 0 amide bonds. The Morgan fingerprint density at radius 1 is 1.37 bits per heavy atom. The van der Waals surface area contributed by atoms with Crippen molar-refractivity contribution in [2.75, 3.05) is 11.9 Å². The highest BCUT2D eigenvalue weighted by Gasteiger charge is 2.32. The molecule has 0 bridgehead atoms. The first-order chi connectivity index (χ1) is 9.22. The SMILES string of the molecule is Cc1cccn2nc(NC3(CO)CCCCC3)nc12. The van der Waals surface area contributed by atoms with Crippen LogP contribution in [0.4, 0.5) is 5.95 Å². The van der Waals surface area contributed by atoms with E-state index in [0.717, 1.165) is 36.9 Å². The molecule has 2 N–H and O–H groups in total. The second kappa shape index (κ2) is 4.81. The fourth-order valence-corrected chi connectivity index (χ4v) is 2.88. The Hall–Kier alpha value is -1.62. The van der Waals surface area contributed by atoms with Gasteiger partial charge in [-0.1, -0.05) is 25.3 Å².